The predicted molar refractivity (Wildman–Crippen MR) is 71.6 cm³/mol. The summed E-state index contributed by atoms with van der Waals surface area (Å²) in [7, 11) is 0.680. The van der Waals surface area contributed by atoms with Crippen LogP contribution in [0.2, 0.25) is 0 Å². The zero-order valence-electron chi connectivity index (χ0n) is 10.2. The molecule has 0 aromatic rings. The Kier molecular flexibility index (Phi) is 7.15. The van der Waals surface area contributed by atoms with Crippen molar-refractivity contribution in [3.63, 3.8) is 0 Å². The second-order valence-corrected chi connectivity index (χ2v) is 4.54. The molecule has 0 N–H and O–H groups in total. The van der Waals surface area contributed by atoms with Gasteiger partial charge < -0.3 is 0 Å². The highest BCUT2D eigenvalue weighted by Crippen LogP contribution is 2.17. The predicted octanol–water partition coefficient (Wildman–Crippen LogP) is 2.61. The molecule has 0 bridgehead atoms. The van der Waals surface area contributed by atoms with E-state index in [1.807, 2.05) is 13.6 Å². The third-order valence-corrected chi connectivity index (χ3v) is 3.01. The van der Waals surface area contributed by atoms with E-state index in [0.29, 0.717) is 14.2 Å². The quantitative estimate of drug-likeness (QED) is 0.316. The summed E-state index contributed by atoms with van der Waals surface area (Å²) < 4.78 is 0. The number of rotatable bonds is 6. The Morgan fingerprint density at radius 2 is 1.94 bits per heavy atom. The number of carbonyl (C=O) groups is 2. The minimum Gasteiger partial charge on any atom is -0.295 e. The number of nitroso groups, excluding NO2 is 1. The van der Waals surface area contributed by atoms with E-state index in [-0.39, 0.29) is 11.4 Å². The van der Waals surface area contributed by atoms with E-state index in [1.165, 1.54) is 19.1 Å². The monoisotopic (exact) mass is 253 g/mol. The van der Waals surface area contributed by atoms with Gasteiger partial charge in [0.25, 0.3) is 0 Å². The SMILES string of the molecule is C=C/C(=C\C(C(C)=O)=C(/C)CPC)C(=O)N=O. The molecule has 1 unspecified atom stereocenters. The molecule has 0 aliphatic rings. The Morgan fingerprint density at radius 1 is 1.35 bits per heavy atom. The molecule has 0 spiro atoms. The number of carbonyl (C=O) groups excluding carboxylic acids is 2. The van der Waals surface area contributed by atoms with Crippen molar-refractivity contribution in [3.05, 3.63) is 40.4 Å². The van der Waals surface area contributed by atoms with E-state index in [1.54, 1.807) is 0 Å². The lowest BCUT2D eigenvalue weighted by molar-refractivity contribution is -0.114. The van der Waals surface area contributed by atoms with Crippen LogP contribution < -0.4 is 0 Å². The van der Waals surface area contributed by atoms with Crippen molar-refractivity contribution in [1.82, 2.24) is 0 Å². The highest BCUT2D eigenvalue weighted by molar-refractivity contribution is 7.37. The van der Waals surface area contributed by atoms with Crippen LogP contribution in [-0.4, -0.2) is 24.5 Å². The van der Waals surface area contributed by atoms with E-state index >= 15 is 0 Å². The third-order valence-electron chi connectivity index (χ3n) is 2.13. The fraction of sp³-hybridized carbons (Fsp3) is 0.333. The van der Waals surface area contributed by atoms with Crippen molar-refractivity contribution in [2.45, 2.75) is 13.8 Å². The normalized spacial score (nSPS) is 13.5. The van der Waals surface area contributed by atoms with Crippen LogP contribution in [0.1, 0.15) is 13.8 Å². The first-order valence-electron chi connectivity index (χ1n) is 5.05. The van der Waals surface area contributed by atoms with Gasteiger partial charge in [0.05, 0.1) is 0 Å². The van der Waals surface area contributed by atoms with E-state index < -0.39 is 5.91 Å². The molecular weight excluding hydrogens is 237 g/mol. The van der Waals surface area contributed by atoms with Crippen LogP contribution in [0.25, 0.3) is 0 Å². The van der Waals surface area contributed by atoms with Gasteiger partial charge in [0.1, 0.15) is 0 Å². The van der Waals surface area contributed by atoms with Gasteiger partial charge in [0.15, 0.2) is 5.78 Å². The van der Waals surface area contributed by atoms with Crippen molar-refractivity contribution in [2.75, 3.05) is 12.8 Å². The summed E-state index contributed by atoms with van der Waals surface area (Å²) in [5.74, 6) is -1.05. The molecule has 1 atom stereocenters. The van der Waals surface area contributed by atoms with Crippen LogP contribution >= 0.6 is 8.58 Å². The summed E-state index contributed by atoms with van der Waals surface area (Å²) in [6.07, 6.45) is 3.40. The molecule has 0 heterocycles. The molecule has 1 amide bonds. The average Bonchev–Trinajstić information content (AvgIpc) is 2.29. The highest BCUT2D eigenvalue weighted by Gasteiger charge is 2.11. The molecule has 0 aromatic carbocycles. The Labute approximate surface area is 103 Å². The Morgan fingerprint density at radius 3 is 2.29 bits per heavy atom. The molecule has 0 aliphatic heterocycles. The first-order chi connectivity index (χ1) is 7.97. The van der Waals surface area contributed by atoms with Crippen molar-refractivity contribution in [2.24, 2.45) is 5.18 Å². The second kappa shape index (κ2) is 7.80. The van der Waals surface area contributed by atoms with Crippen molar-refractivity contribution in [3.8, 4) is 0 Å². The molecule has 0 fully saturated rings. The Balaban J connectivity index is 5.51. The molecule has 0 aliphatic carbocycles. The number of ketones is 1. The zero-order valence-corrected chi connectivity index (χ0v) is 11.2. The van der Waals surface area contributed by atoms with Crippen LogP contribution in [-0.2, 0) is 9.59 Å². The summed E-state index contributed by atoms with van der Waals surface area (Å²) in [5.41, 5.74) is 1.40. The van der Waals surface area contributed by atoms with E-state index in [0.717, 1.165) is 11.7 Å². The largest absolute Gasteiger partial charge is 0.316 e. The summed E-state index contributed by atoms with van der Waals surface area (Å²) in [4.78, 5) is 32.8. The highest BCUT2D eigenvalue weighted by atomic mass is 31.1. The fourth-order valence-electron chi connectivity index (χ4n) is 1.30. The van der Waals surface area contributed by atoms with Gasteiger partial charge in [-0.15, -0.1) is 13.5 Å². The molecule has 0 aromatic heterocycles. The van der Waals surface area contributed by atoms with Crippen LogP contribution in [0.4, 0.5) is 0 Å². The minimum absolute atomic E-state index is 0.0454. The van der Waals surface area contributed by atoms with Crippen LogP contribution in [0.5, 0.6) is 0 Å². The lowest BCUT2D eigenvalue weighted by atomic mass is 10.0. The van der Waals surface area contributed by atoms with Gasteiger partial charge in [0, 0.05) is 16.3 Å². The van der Waals surface area contributed by atoms with Crippen LogP contribution in [0, 0.1) is 4.91 Å². The van der Waals surface area contributed by atoms with Crippen molar-refractivity contribution in [1.29, 1.82) is 0 Å². The molecule has 17 heavy (non-hydrogen) atoms. The van der Waals surface area contributed by atoms with E-state index in [2.05, 4.69) is 11.8 Å². The van der Waals surface area contributed by atoms with Crippen LogP contribution in [0.15, 0.2) is 40.6 Å². The maximum Gasteiger partial charge on any atom is 0.316 e. The average molecular weight is 253 g/mol. The number of nitrogens with zero attached hydrogens (tertiary/aromatic N) is 1. The third kappa shape index (κ3) is 4.96. The number of Topliss-reactive ketones (excluding diaryl/α,β-unsaturated/α-hetero) is 1. The van der Waals surface area contributed by atoms with E-state index in [4.69, 9.17) is 0 Å². The Hall–Kier alpha value is -1.41. The standard InChI is InChI=1S/C12H16NO3P/c1-5-10(12(15)13-16)6-11(9(3)14)8(2)7-17-4/h5-6,17H,1,7H2,2-4H3/b10-6+,11-8-. The molecule has 0 saturated heterocycles. The zero-order chi connectivity index (χ0) is 13.4. The van der Waals surface area contributed by atoms with Crippen molar-refractivity contribution < 1.29 is 9.59 Å². The first kappa shape index (κ1) is 15.6. The second-order valence-electron chi connectivity index (χ2n) is 3.48. The summed E-state index contributed by atoms with van der Waals surface area (Å²) in [5, 5.41) is 2.32. The lowest BCUT2D eigenvalue weighted by Crippen LogP contribution is -2.03. The molecule has 0 saturated carbocycles. The lowest BCUT2D eigenvalue weighted by Gasteiger charge is -2.05. The van der Waals surface area contributed by atoms with Gasteiger partial charge in [0.2, 0.25) is 0 Å². The Bertz CT molecular complexity index is 408. The molecule has 92 valence electrons. The summed E-state index contributed by atoms with van der Waals surface area (Å²) >= 11 is 0. The van der Waals surface area contributed by atoms with Crippen molar-refractivity contribution >= 4 is 20.3 Å². The summed E-state index contributed by atoms with van der Waals surface area (Å²) in [6, 6.07) is 0. The van der Waals surface area contributed by atoms with E-state index in [9.17, 15) is 14.5 Å². The molecule has 4 nitrogen and oxygen atoms in total. The van der Waals surface area contributed by atoms with Gasteiger partial charge >= 0.3 is 5.91 Å². The molecular formula is C12H16NO3P. The maximum atomic E-state index is 11.5. The number of allylic oxidation sites excluding steroid dienone is 3. The smallest absolute Gasteiger partial charge is 0.295 e. The summed E-state index contributed by atoms with van der Waals surface area (Å²) in [6.45, 7) is 8.71. The van der Waals surface area contributed by atoms with Gasteiger partial charge in [-0.3, -0.25) is 9.59 Å². The molecule has 0 rings (SSSR count). The number of hydrogen-bond acceptors (Lipinski definition) is 3. The maximum absolute atomic E-state index is 11.5. The van der Waals surface area contributed by atoms with Gasteiger partial charge in [-0.25, -0.2) is 0 Å². The molecule has 5 heteroatoms. The van der Waals surface area contributed by atoms with Gasteiger partial charge in [-0.2, -0.15) is 0 Å². The van der Waals surface area contributed by atoms with Gasteiger partial charge in [-0.1, -0.05) is 18.2 Å². The minimum atomic E-state index is -0.912. The van der Waals surface area contributed by atoms with Crippen LogP contribution in [0.3, 0.4) is 0 Å². The number of hydrogen-bond donors (Lipinski definition) is 0. The fourth-order valence-corrected chi connectivity index (χ4v) is 2.02. The first-order valence-corrected chi connectivity index (χ1v) is 6.75. The molecule has 0 radical (unpaired) electrons. The number of amides is 1. The topological polar surface area (TPSA) is 63.6 Å². The van der Waals surface area contributed by atoms with Gasteiger partial charge in [-0.05, 0) is 32.8 Å².